The molecule has 4 nitrogen and oxygen atoms in total. The molecule has 3 rings (SSSR count). The van der Waals surface area contributed by atoms with E-state index in [1.54, 1.807) is 0 Å². The third kappa shape index (κ3) is 2.58. The number of hydrogen-bond donors (Lipinski definition) is 2. The molecular formula is C14H20N2O2. The van der Waals surface area contributed by atoms with E-state index in [0.29, 0.717) is 12.6 Å². The topological polar surface area (TPSA) is 54.3 Å². The highest BCUT2D eigenvalue weighted by atomic mass is 16.3. The Hall–Kier alpha value is -1.29. The lowest BCUT2D eigenvalue weighted by Gasteiger charge is -2.06. The summed E-state index contributed by atoms with van der Waals surface area (Å²) in [6.07, 6.45) is 9.91. The maximum absolute atomic E-state index is 11.7. The van der Waals surface area contributed by atoms with Gasteiger partial charge in [-0.25, -0.2) is 0 Å². The van der Waals surface area contributed by atoms with E-state index < -0.39 is 0 Å². The lowest BCUT2D eigenvalue weighted by Crippen LogP contribution is -2.28. The Morgan fingerprint density at radius 3 is 2.94 bits per heavy atom. The van der Waals surface area contributed by atoms with Gasteiger partial charge >= 0.3 is 0 Å². The van der Waals surface area contributed by atoms with Crippen molar-refractivity contribution in [2.24, 2.45) is 0 Å². The van der Waals surface area contributed by atoms with Gasteiger partial charge in [-0.3, -0.25) is 4.79 Å². The van der Waals surface area contributed by atoms with E-state index in [1.165, 1.54) is 5.56 Å². The van der Waals surface area contributed by atoms with Crippen LogP contribution in [-0.4, -0.2) is 21.6 Å². The van der Waals surface area contributed by atoms with E-state index in [-0.39, 0.29) is 12.0 Å². The van der Waals surface area contributed by atoms with Gasteiger partial charge in [0.2, 0.25) is 5.91 Å². The van der Waals surface area contributed by atoms with Crippen molar-refractivity contribution < 1.29 is 9.90 Å². The first-order valence-corrected chi connectivity index (χ1v) is 6.88. The molecule has 0 spiro atoms. The van der Waals surface area contributed by atoms with E-state index in [1.807, 2.05) is 17.0 Å². The first-order valence-electron chi connectivity index (χ1n) is 6.88. The third-order valence-electron chi connectivity index (χ3n) is 3.80. The van der Waals surface area contributed by atoms with Crippen molar-refractivity contribution in [1.82, 2.24) is 9.88 Å². The highest BCUT2D eigenvalue weighted by Crippen LogP contribution is 2.29. The summed E-state index contributed by atoms with van der Waals surface area (Å²) >= 11 is 0. The average Bonchev–Trinajstić information content (AvgIpc) is 3.06. The van der Waals surface area contributed by atoms with E-state index in [9.17, 15) is 9.90 Å². The fourth-order valence-electron chi connectivity index (χ4n) is 2.65. The molecule has 0 aliphatic heterocycles. The molecule has 0 bridgehead atoms. The predicted molar refractivity (Wildman–Crippen MR) is 68.1 cm³/mol. The SMILES string of the molecule is O=C(Cn1cc2c(c1)C(O)CCCC2)NC1CC1. The van der Waals surface area contributed by atoms with Crippen molar-refractivity contribution in [2.75, 3.05) is 0 Å². The van der Waals surface area contributed by atoms with Gasteiger partial charge in [-0.15, -0.1) is 0 Å². The molecule has 18 heavy (non-hydrogen) atoms. The van der Waals surface area contributed by atoms with Crippen LogP contribution in [-0.2, 0) is 17.8 Å². The molecule has 2 N–H and O–H groups in total. The van der Waals surface area contributed by atoms with Crippen molar-refractivity contribution in [1.29, 1.82) is 0 Å². The molecule has 4 heteroatoms. The number of aliphatic hydroxyl groups excluding tert-OH is 1. The number of amides is 1. The van der Waals surface area contributed by atoms with E-state index >= 15 is 0 Å². The summed E-state index contributed by atoms with van der Waals surface area (Å²) in [6.45, 7) is 0.371. The zero-order valence-electron chi connectivity index (χ0n) is 10.6. The van der Waals surface area contributed by atoms with Crippen LogP contribution < -0.4 is 5.32 Å². The standard InChI is InChI=1S/C14H20N2O2/c17-13-4-2-1-3-10-7-16(8-12(10)13)9-14(18)15-11-5-6-11/h7-8,11,13,17H,1-6,9H2,(H,15,18). The summed E-state index contributed by atoms with van der Waals surface area (Å²) in [4.78, 5) is 11.7. The van der Waals surface area contributed by atoms with E-state index in [2.05, 4.69) is 5.32 Å². The molecule has 1 atom stereocenters. The zero-order chi connectivity index (χ0) is 12.5. The van der Waals surface area contributed by atoms with Gasteiger partial charge in [-0.05, 0) is 37.7 Å². The Labute approximate surface area is 107 Å². The number of carbonyl (C=O) groups is 1. The van der Waals surface area contributed by atoms with E-state index in [0.717, 1.165) is 44.1 Å². The second-order valence-electron chi connectivity index (χ2n) is 5.51. The minimum Gasteiger partial charge on any atom is -0.388 e. The highest BCUT2D eigenvalue weighted by molar-refractivity contribution is 5.76. The number of fused-ring (bicyclic) bond motifs is 1. The average molecular weight is 248 g/mol. The molecule has 2 aliphatic rings. The number of aromatic nitrogens is 1. The van der Waals surface area contributed by atoms with Crippen LogP contribution >= 0.6 is 0 Å². The number of aryl methyl sites for hydroxylation is 1. The Morgan fingerprint density at radius 1 is 1.33 bits per heavy atom. The summed E-state index contributed by atoms with van der Waals surface area (Å²) in [7, 11) is 0. The summed E-state index contributed by atoms with van der Waals surface area (Å²) in [5, 5.41) is 13.0. The molecule has 0 aromatic carbocycles. The molecule has 0 radical (unpaired) electrons. The van der Waals surface area contributed by atoms with Crippen molar-refractivity contribution in [2.45, 2.75) is 57.2 Å². The summed E-state index contributed by atoms with van der Waals surface area (Å²) < 4.78 is 1.91. The maximum Gasteiger partial charge on any atom is 0.240 e. The minimum absolute atomic E-state index is 0.0807. The van der Waals surface area contributed by atoms with Crippen LogP contribution in [0.1, 0.15) is 49.3 Å². The van der Waals surface area contributed by atoms with Gasteiger partial charge < -0.3 is 15.0 Å². The molecule has 98 valence electrons. The van der Waals surface area contributed by atoms with Gasteiger partial charge in [0, 0.05) is 24.0 Å². The Bertz CT molecular complexity index is 449. The molecule has 1 unspecified atom stereocenters. The van der Waals surface area contributed by atoms with Gasteiger partial charge in [-0.1, -0.05) is 6.42 Å². The zero-order valence-corrected chi connectivity index (χ0v) is 10.6. The number of nitrogens with one attached hydrogen (secondary N) is 1. The molecule has 0 saturated heterocycles. The lowest BCUT2D eigenvalue weighted by molar-refractivity contribution is -0.121. The van der Waals surface area contributed by atoms with Crippen LogP contribution in [0.15, 0.2) is 12.4 Å². The second-order valence-corrected chi connectivity index (χ2v) is 5.51. The van der Waals surface area contributed by atoms with Gasteiger partial charge in [0.05, 0.1) is 6.10 Å². The van der Waals surface area contributed by atoms with Crippen molar-refractivity contribution in [3.8, 4) is 0 Å². The van der Waals surface area contributed by atoms with Crippen molar-refractivity contribution >= 4 is 5.91 Å². The van der Waals surface area contributed by atoms with Crippen LogP contribution in [0, 0.1) is 0 Å². The number of aliphatic hydroxyl groups is 1. The van der Waals surface area contributed by atoms with Crippen LogP contribution in [0.5, 0.6) is 0 Å². The van der Waals surface area contributed by atoms with Crippen LogP contribution in [0.25, 0.3) is 0 Å². The van der Waals surface area contributed by atoms with E-state index in [4.69, 9.17) is 0 Å². The molecule has 1 heterocycles. The van der Waals surface area contributed by atoms with Crippen LogP contribution in [0.4, 0.5) is 0 Å². The number of nitrogens with zero attached hydrogens (tertiary/aromatic N) is 1. The monoisotopic (exact) mass is 248 g/mol. The van der Waals surface area contributed by atoms with Gasteiger partial charge in [0.1, 0.15) is 6.54 Å². The molecule has 1 aromatic rings. The fraction of sp³-hybridized carbons (Fsp3) is 0.643. The quantitative estimate of drug-likeness (QED) is 0.797. The number of rotatable bonds is 3. The van der Waals surface area contributed by atoms with Crippen LogP contribution in [0.3, 0.4) is 0 Å². The number of carbonyl (C=O) groups excluding carboxylic acids is 1. The fourth-order valence-corrected chi connectivity index (χ4v) is 2.65. The molecular weight excluding hydrogens is 228 g/mol. The van der Waals surface area contributed by atoms with Crippen molar-refractivity contribution in [3.63, 3.8) is 0 Å². The molecule has 1 fully saturated rings. The largest absolute Gasteiger partial charge is 0.388 e. The maximum atomic E-state index is 11.7. The van der Waals surface area contributed by atoms with Crippen molar-refractivity contribution in [3.05, 3.63) is 23.5 Å². The smallest absolute Gasteiger partial charge is 0.240 e. The molecule has 2 aliphatic carbocycles. The predicted octanol–water partition coefficient (Wildman–Crippen LogP) is 1.53. The second kappa shape index (κ2) is 4.76. The molecule has 1 amide bonds. The summed E-state index contributed by atoms with van der Waals surface area (Å²) in [6, 6.07) is 0.413. The van der Waals surface area contributed by atoms with Gasteiger partial charge in [-0.2, -0.15) is 0 Å². The first-order chi connectivity index (χ1) is 8.72. The third-order valence-corrected chi connectivity index (χ3v) is 3.80. The normalized spacial score (nSPS) is 23.3. The van der Waals surface area contributed by atoms with Crippen LogP contribution in [0.2, 0.25) is 0 Å². The van der Waals surface area contributed by atoms with Gasteiger partial charge in [0.25, 0.3) is 0 Å². The highest BCUT2D eigenvalue weighted by Gasteiger charge is 2.24. The Kier molecular flexibility index (Phi) is 3.12. The molecule has 1 saturated carbocycles. The minimum atomic E-state index is -0.352. The van der Waals surface area contributed by atoms with Gasteiger partial charge in [0.15, 0.2) is 0 Å². The number of hydrogen-bond acceptors (Lipinski definition) is 2. The lowest BCUT2D eigenvalue weighted by atomic mass is 10.1. The summed E-state index contributed by atoms with van der Waals surface area (Å²) in [5.41, 5.74) is 2.23. The Balaban J connectivity index is 1.69. The first kappa shape index (κ1) is 11.8. The Morgan fingerprint density at radius 2 is 2.17 bits per heavy atom. The molecule has 1 aromatic heterocycles. The summed E-state index contributed by atoms with van der Waals surface area (Å²) in [5.74, 6) is 0.0807.